The molecule has 0 amide bonds. The van der Waals surface area contributed by atoms with Crippen molar-refractivity contribution >= 4 is 16.8 Å². The lowest BCUT2D eigenvalue weighted by Crippen LogP contribution is -2.25. The lowest BCUT2D eigenvalue weighted by atomic mass is 10.1. The van der Waals surface area contributed by atoms with E-state index in [0.717, 1.165) is 11.1 Å². The first-order valence-electron chi connectivity index (χ1n) is 4.50. The number of hydrogen-bond acceptors (Lipinski definition) is 3. The minimum atomic E-state index is -1.05. The van der Waals surface area contributed by atoms with Crippen LogP contribution in [0.1, 0.15) is 11.1 Å². The molecule has 1 aromatic rings. The molecule has 0 heterocycles. The van der Waals surface area contributed by atoms with Crippen molar-refractivity contribution in [3.8, 4) is 5.75 Å². The Morgan fingerprint density at radius 3 is 2.20 bits per heavy atom. The molecular formula is C11H13ClO3. The molecule has 1 rings (SSSR count). The minimum absolute atomic E-state index is 0.577. The van der Waals surface area contributed by atoms with E-state index in [4.69, 9.17) is 21.1 Å². The molecule has 1 unspecified atom stereocenters. The Kier molecular flexibility index (Phi) is 4.12. The maximum atomic E-state index is 10.9. The third kappa shape index (κ3) is 3.53. The zero-order chi connectivity index (χ0) is 11.4. The van der Waals surface area contributed by atoms with E-state index in [-0.39, 0.29) is 0 Å². The summed E-state index contributed by atoms with van der Waals surface area (Å²) in [6.45, 7) is 3.90. The molecule has 15 heavy (non-hydrogen) atoms. The summed E-state index contributed by atoms with van der Waals surface area (Å²) in [4.78, 5) is 10.9. The summed E-state index contributed by atoms with van der Waals surface area (Å²) in [6, 6.07) is 5.65. The SMILES string of the molecule is COC(Oc1cc(C)cc(C)c1)C(=O)Cl. The number of carbonyl (C=O) groups excluding carboxylic acids is 1. The number of rotatable bonds is 4. The van der Waals surface area contributed by atoms with Crippen LogP contribution in [0.15, 0.2) is 18.2 Å². The molecule has 0 fully saturated rings. The van der Waals surface area contributed by atoms with Gasteiger partial charge in [0, 0.05) is 7.11 Å². The van der Waals surface area contributed by atoms with Gasteiger partial charge in [-0.3, -0.25) is 4.79 Å². The summed E-state index contributed by atoms with van der Waals surface area (Å²) in [5.74, 6) is 0.577. The van der Waals surface area contributed by atoms with Gasteiger partial charge >= 0.3 is 0 Å². The number of hydrogen-bond donors (Lipinski definition) is 0. The molecule has 0 radical (unpaired) electrons. The zero-order valence-electron chi connectivity index (χ0n) is 8.91. The molecule has 0 bridgehead atoms. The summed E-state index contributed by atoms with van der Waals surface area (Å²) in [7, 11) is 1.37. The van der Waals surface area contributed by atoms with Gasteiger partial charge in [-0.05, 0) is 48.7 Å². The van der Waals surface area contributed by atoms with Crippen LogP contribution in [0.2, 0.25) is 0 Å². The maximum Gasteiger partial charge on any atom is 0.290 e. The molecule has 0 aliphatic heterocycles. The fourth-order valence-corrected chi connectivity index (χ4v) is 1.45. The first kappa shape index (κ1) is 12.0. The Bertz CT molecular complexity index is 343. The van der Waals surface area contributed by atoms with E-state index < -0.39 is 11.5 Å². The van der Waals surface area contributed by atoms with E-state index in [1.54, 1.807) is 0 Å². The number of halogens is 1. The van der Waals surface area contributed by atoms with Crippen molar-refractivity contribution in [2.45, 2.75) is 20.1 Å². The van der Waals surface area contributed by atoms with Crippen molar-refractivity contribution in [1.82, 2.24) is 0 Å². The summed E-state index contributed by atoms with van der Waals surface area (Å²) in [5.41, 5.74) is 2.11. The summed E-state index contributed by atoms with van der Waals surface area (Å²) in [6.07, 6.45) is -1.05. The molecule has 1 aromatic carbocycles. The van der Waals surface area contributed by atoms with Crippen molar-refractivity contribution < 1.29 is 14.3 Å². The predicted octanol–water partition coefficient (Wildman–Crippen LogP) is 2.42. The van der Waals surface area contributed by atoms with Gasteiger partial charge in [-0.2, -0.15) is 0 Å². The molecule has 1 atom stereocenters. The Balaban J connectivity index is 2.83. The van der Waals surface area contributed by atoms with Gasteiger partial charge in [0.05, 0.1) is 0 Å². The number of ether oxygens (including phenoxy) is 2. The normalized spacial score (nSPS) is 12.3. The molecule has 3 nitrogen and oxygen atoms in total. The van der Waals surface area contributed by atoms with E-state index in [2.05, 4.69) is 0 Å². The van der Waals surface area contributed by atoms with Crippen LogP contribution in [-0.4, -0.2) is 18.6 Å². The first-order chi connectivity index (χ1) is 7.02. The fraction of sp³-hybridized carbons (Fsp3) is 0.364. The van der Waals surface area contributed by atoms with Crippen LogP contribution in [0.5, 0.6) is 5.75 Å². The van der Waals surface area contributed by atoms with Crippen molar-refractivity contribution in [2.75, 3.05) is 7.11 Å². The zero-order valence-corrected chi connectivity index (χ0v) is 9.67. The van der Waals surface area contributed by atoms with Gasteiger partial charge in [0.2, 0.25) is 0 Å². The van der Waals surface area contributed by atoms with Gasteiger partial charge in [-0.1, -0.05) is 6.07 Å². The summed E-state index contributed by atoms with van der Waals surface area (Å²) < 4.78 is 10.1. The van der Waals surface area contributed by atoms with Gasteiger partial charge in [0.15, 0.2) is 0 Å². The molecule has 0 aromatic heterocycles. The van der Waals surface area contributed by atoms with Crippen LogP contribution in [0.3, 0.4) is 0 Å². The fourth-order valence-electron chi connectivity index (χ4n) is 1.31. The second-order valence-electron chi connectivity index (χ2n) is 3.31. The van der Waals surface area contributed by atoms with Crippen molar-refractivity contribution in [3.05, 3.63) is 29.3 Å². The monoisotopic (exact) mass is 228 g/mol. The molecule has 82 valence electrons. The first-order valence-corrected chi connectivity index (χ1v) is 4.88. The predicted molar refractivity (Wildman–Crippen MR) is 58.2 cm³/mol. The Morgan fingerprint density at radius 1 is 1.27 bits per heavy atom. The average Bonchev–Trinajstić information content (AvgIpc) is 2.12. The van der Waals surface area contributed by atoms with Crippen LogP contribution >= 0.6 is 11.6 Å². The lowest BCUT2D eigenvalue weighted by molar-refractivity contribution is -0.136. The quantitative estimate of drug-likeness (QED) is 0.587. The molecular weight excluding hydrogens is 216 g/mol. The highest BCUT2D eigenvalue weighted by atomic mass is 35.5. The molecule has 4 heteroatoms. The highest BCUT2D eigenvalue weighted by Gasteiger charge is 2.16. The molecule has 0 aliphatic rings. The molecule has 0 N–H and O–H groups in total. The van der Waals surface area contributed by atoms with Gasteiger partial charge in [-0.25, -0.2) is 0 Å². The van der Waals surface area contributed by atoms with Gasteiger partial charge < -0.3 is 9.47 Å². The lowest BCUT2D eigenvalue weighted by Gasteiger charge is -2.14. The largest absolute Gasteiger partial charge is 0.456 e. The average molecular weight is 229 g/mol. The van der Waals surface area contributed by atoms with Crippen molar-refractivity contribution in [2.24, 2.45) is 0 Å². The standard InChI is InChI=1S/C11H13ClO3/c1-7-4-8(2)6-9(5-7)15-11(14-3)10(12)13/h4-6,11H,1-3H3. The van der Waals surface area contributed by atoms with E-state index in [0.29, 0.717) is 5.75 Å². The highest BCUT2D eigenvalue weighted by molar-refractivity contribution is 6.64. The minimum Gasteiger partial charge on any atom is -0.456 e. The van der Waals surface area contributed by atoms with Crippen LogP contribution < -0.4 is 4.74 Å². The third-order valence-corrected chi connectivity index (χ3v) is 2.02. The second-order valence-corrected chi connectivity index (χ2v) is 3.69. The van der Waals surface area contributed by atoms with Gasteiger partial charge in [0.25, 0.3) is 11.5 Å². The van der Waals surface area contributed by atoms with Gasteiger partial charge in [0.1, 0.15) is 5.75 Å². The summed E-state index contributed by atoms with van der Waals surface area (Å²) in [5, 5.41) is -0.670. The topological polar surface area (TPSA) is 35.5 Å². The Labute approximate surface area is 93.9 Å². The van der Waals surface area contributed by atoms with E-state index in [9.17, 15) is 4.79 Å². The molecule has 0 saturated heterocycles. The number of benzene rings is 1. The van der Waals surface area contributed by atoms with Crippen LogP contribution in [0.4, 0.5) is 0 Å². The van der Waals surface area contributed by atoms with Gasteiger partial charge in [-0.15, -0.1) is 0 Å². The smallest absolute Gasteiger partial charge is 0.290 e. The molecule has 0 spiro atoms. The van der Waals surface area contributed by atoms with Crippen LogP contribution in [0, 0.1) is 13.8 Å². The Morgan fingerprint density at radius 2 is 1.80 bits per heavy atom. The number of carbonyl (C=O) groups is 1. The van der Waals surface area contributed by atoms with Crippen molar-refractivity contribution in [1.29, 1.82) is 0 Å². The van der Waals surface area contributed by atoms with Crippen LogP contribution in [-0.2, 0) is 9.53 Å². The number of methoxy groups -OCH3 is 1. The molecule has 0 aliphatic carbocycles. The third-order valence-electron chi connectivity index (χ3n) is 1.84. The number of aryl methyl sites for hydroxylation is 2. The summed E-state index contributed by atoms with van der Waals surface area (Å²) >= 11 is 5.28. The Hall–Kier alpha value is -1.06. The maximum absolute atomic E-state index is 10.9. The second kappa shape index (κ2) is 5.14. The van der Waals surface area contributed by atoms with Crippen molar-refractivity contribution in [3.63, 3.8) is 0 Å². The van der Waals surface area contributed by atoms with E-state index in [1.807, 2.05) is 32.0 Å². The molecule has 0 saturated carbocycles. The van der Waals surface area contributed by atoms with Crippen LogP contribution in [0.25, 0.3) is 0 Å². The highest BCUT2D eigenvalue weighted by Crippen LogP contribution is 2.18. The van der Waals surface area contributed by atoms with E-state index in [1.165, 1.54) is 7.11 Å². The van der Waals surface area contributed by atoms with E-state index >= 15 is 0 Å².